The Balaban J connectivity index is 1.95. The number of furan rings is 1. The molecule has 0 saturated carbocycles. The number of phenols is 1. The number of para-hydroxylation sites is 1. The van der Waals surface area contributed by atoms with Crippen LogP contribution < -0.4 is 16.0 Å². The van der Waals surface area contributed by atoms with Crippen molar-refractivity contribution in [3.8, 4) is 5.75 Å². The molecule has 1 aliphatic heterocycles. The molecule has 9 heteroatoms. The van der Waals surface area contributed by atoms with E-state index in [1.54, 1.807) is 26.2 Å². The van der Waals surface area contributed by atoms with Crippen LogP contribution in [0.1, 0.15) is 41.3 Å². The number of carbonyl (C=O) groups is 3. The number of nitrogens with one attached hydrogen (secondary N) is 3. The minimum Gasteiger partial charge on any atom is -0.505 e. The van der Waals surface area contributed by atoms with E-state index in [1.807, 2.05) is 19.9 Å². The van der Waals surface area contributed by atoms with Crippen LogP contribution in [-0.2, 0) is 9.59 Å². The summed E-state index contributed by atoms with van der Waals surface area (Å²) in [7, 11) is 3.13. The quantitative estimate of drug-likeness (QED) is 0.405. The summed E-state index contributed by atoms with van der Waals surface area (Å²) in [5.41, 5.74) is 0.183. The van der Waals surface area contributed by atoms with Gasteiger partial charge in [-0.25, -0.2) is 0 Å². The van der Waals surface area contributed by atoms with Gasteiger partial charge in [-0.3, -0.25) is 19.7 Å². The van der Waals surface area contributed by atoms with Gasteiger partial charge >= 0.3 is 0 Å². The van der Waals surface area contributed by atoms with Crippen LogP contribution in [-0.4, -0.2) is 41.8 Å². The fourth-order valence-corrected chi connectivity index (χ4v) is 3.09. The average Bonchev–Trinajstić information content (AvgIpc) is 3.24. The van der Waals surface area contributed by atoms with Gasteiger partial charge in [-0.1, -0.05) is 13.0 Å². The Morgan fingerprint density at radius 2 is 1.87 bits per heavy atom. The molecule has 158 valence electrons. The van der Waals surface area contributed by atoms with Crippen molar-refractivity contribution >= 4 is 23.4 Å². The molecule has 30 heavy (non-hydrogen) atoms. The lowest BCUT2D eigenvalue weighted by molar-refractivity contribution is -0.124. The summed E-state index contributed by atoms with van der Waals surface area (Å²) in [6, 6.07) is 7.84. The van der Waals surface area contributed by atoms with Gasteiger partial charge in [0, 0.05) is 14.1 Å². The molecule has 0 spiro atoms. The molecule has 1 aromatic carbocycles. The molecule has 3 rings (SSSR count). The molecule has 0 radical (unpaired) electrons. The molecule has 9 nitrogen and oxygen atoms in total. The van der Waals surface area contributed by atoms with Gasteiger partial charge in [0.25, 0.3) is 17.7 Å². The van der Waals surface area contributed by atoms with Crippen molar-refractivity contribution in [1.82, 2.24) is 15.5 Å². The second-order valence-electron chi connectivity index (χ2n) is 7.11. The highest BCUT2D eigenvalue weighted by atomic mass is 16.3. The predicted molar refractivity (Wildman–Crippen MR) is 110 cm³/mol. The first-order chi connectivity index (χ1) is 14.2. The molecule has 0 aliphatic carbocycles. The van der Waals surface area contributed by atoms with E-state index < -0.39 is 17.7 Å². The Morgan fingerprint density at radius 3 is 2.47 bits per heavy atom. The zero-order valence-electron chi connectivity index (χ0n) is 17.2. The summed E-state index contributed by atoms with van der Waals surface area (Å²) < 4.78 is 5.64. The van der Waals surface area contributed by atoms with Gasteiger partial charge in [-0.2, -0.15) is 0 Å². The van der Waals surface area contributed by atoms with Crippen LogP contribution in [0.5, 0.6) is 5.75 Å². The van der Waals surface area contributed by atoms with Crippen molar-refractivity contribution in [1.29, 1.82) is 0 Å². The minimum atomic E-state index is -0.642. The molecule has 1 aliphatic rings. The Labute approximate surface area is 173 Å². The second-order valence-corrected chi connectivity index (χ2v) is 7.11. The monoisotopic (exact) mass is 412 g/mol. The van der Waals surface area contributed by atoms with Crippen molar-refractivity contribution in [2.45, 2.75) is 26.3 Å². The lowest BCUT2D eigenvalue weighted by Gasteiger charge is -2.18. The highest BCUT2D eigenvalue weighted by molar-refractivity contribution is 6.20. The van der Waals surface area contributed by atoms with Gasteiger partial charge in [0.1, 0.15) is 22.9 Å². The van der Waals surface area contributed by atoms with Crippen LogP contribution in [0.15, 0.2) is 46.1 Å². The molecule has 1 aromatic heterocycles. The molecule has 2 aromatic rings. The summed E-state index contributed by atoms with van der Waals surface area (Å²) in [4.78, 5) is 38.3. The van der Waals surface area contributed by atoms with Gasteiger partial charge < -0.3 is 25.1 Å². The van der Waals surface area contributed by atoms with E-state index in [4.69, 9.17) is 4.42 Å². The standard InChI is InChI=1S/C21H24N4O5/c1-5-13(15-10-9-11(2)30-15)22-16-17(20(28)24-19(16)27)23-14-8-6-7-12(18(14)26)21(29)25(3)4/h6-10,13,26H,5H2,1-4H3,(H3,22,23,24,27,28)/t13-/m1/s1. The van der Waals surface area contributed by atoms with Gasteiger partial charge in [0.05, 0.1) is 17.3 Å². The van der Waals surface area contributed by atoms with Gasteiger partial charge in [0.2, 0.25) is 0 Å². The third-order valence-electron chi connectivity index (χ3n) is 4.69. The topological polar surface area (TPSA) is 124 Å². The van der Waals surface area contributed by atoms with E-state index in [1.165, 1.54) is 17.0 Å². The molecule has 0 unspecified atom stereocenters. The number of amides is 3. The van der Waals surface area contributed by atoms with E-state index in [2.05, 4.69) is 16.0 Å². The largest absolute Gasteiger partial charge is 0.505 e. The molecule has 0 saturated heterocycles. The third-order valence-corrected chi connectivity index (χ3v) is 4.69. The molecule has 0 bridgehead atoms. The highest BCUT2D eigenvalue weighted by Gasteiger charge is 2.33. The molecule has 0 fully saturated rings. The molecule has 4 N–H and O–H groups in total. The lowest BCUT2D eigenvalue weighted by atomic mass is 10.1. The second kappa shape index (κ2) is 8.32. The van der Waals surface area contributed by atoms with Crippen LogP contribution in [0.3, 0.4) is 0 Å². The Morgan fingerprint density at radius 1 is 1.17 bits per heavy atom. The number of hydrogen-bond acceptors (Lipinski definition) is 7. The maximum absolute atomic E-state index is 12.4. The van der Waals surface area contributed by atoms with Crippen LogP contribution in [0, 0.1) is 6.92 Å². The normalized spacial score (nSPS) is 14.5. The number of aryl methyl sites for hydroxylation is 1. The number of imide groups is 1. The van der Waals surface area contributed by atoms with E-state index in [9.17, 15) is 19.5 Å². The van der Waals surface area contributed by atoms with E-state index in [-0.39, 0.29) is 34.4 Å². The minimum absolute atomic E-state index is 0.0321. The Hall–Kier alpha value is -3.75. The summed E-state index contributed by atoms with van der Waals surface area (Å²) in [6.07, 6.45) is 0.600. The molecule has 3 amide bonds. The van der Waals surface area contributed by atoms with Crippen LogP contribution >= 0.6 is 0 Å². The molecular weight excluding hydrogens is 388 g/mol. The average molecular weight is 412 g/mol. The maximum Gasteiger partial charge on any atom is 0.276 e. The smallest absolute Gasteiger partial charge is 0.276 e. The van der Waals surface area contributed by atoms with E-state index in [0.717, 1.165) is 5.76 Å². The number of aromatic hydroxyl groups is 1. The lowest BCUT2D eigenvalue weighted by Crippen LogP contribution is -2.29. The maximum atomic E-state index is 12.4. The molecular formula is C21H24N4O5. The van der Waals surface area contributed by atoms with Gasteiger partial charge in [0.15, 0.2) is 5.75 Å². The highest BCUT2D eigenvalue weighted by Crippen LogP contribution is 2.31. The first-order valence-electron chi connectivity index (χ1n) is 9.46. The number of benzene rings is 1. The zero-order valence-corrected chi connectivity index (χ0v) is 17.2. The van der Waals surface area contributed by atoms with Crippen molar-refractivity contribution in [3.63, 3.8) is 0 Å². The summed E-state index contributed by atoms with van der Waals surface area (Å²) in [6.45, 7) is 3.74. The first kappa shape index (κ1) is 21.0. The van der Waals surface area contributed by atoms with E-state index in [0.29, 0.717) is 12.2 Å². The first-order valence-corrected chi connectivity index (χ1v) is 9.46. The van der Waals surface area contributed by atoms with Crippen LogP contribution in [0.4, 0.5) is 5.69 Å². The summed E-state index contributed by atoms with van der Waals surface area (Å²) in [5.74, 6) is -0.577. The summed E-state index contributed by atoms with van der Waals surface area (Å²) in [5, 5.41) is 18.6. The predicted octanol–water partition coefficient (Wildman–Crippen LogP) is 2.02. The molecule has 2 heterocycles. The number of anilines is 1. The number of carbonyl (C=O) groups excluding carboxylic acids is 3. The number of nitrogens with zero attached hydrogens (tertiary/aromatic N) is 1. The van der Waals surface area contributed by atoms with Crippen molar-refractivity contribution in [2.24, 2.45) is 0 Å². The SMILES string of the molecule is CC[C@@H](NC1=C(Nc2cccc(C(=O)N(C)C)c2O)C(=O)NC1=O)c1ccc(C)o1. The molecule has 1 atom stereocenters. The zero-order chi connectivity index (χ0) is 22.0. The van der Waals surface area contributed by atoms with Gasteiger partial charge in [-0.05, 0) is 37.6 Å². The third kappa shape index (κ3) is 4.00. The number of phenolic OH excluding ortho intramolecular Hbond substituents is 1. The fourth-order valence-electron chi connectivity index (χ4n) is 3.09. The number of rotatable bonds is 7. The van der Waals surface area contributed by atoms with Crippen molar-refractivity contribution in [3.05, 3.63) is 58.8 Å². The Kier molecular flexibility index (Phi) is 5.81. The summed E-state index contributed by atoms with van der Waals surface area (Å²) >= 11 is 0. The number of hydrogen-bond donors (Lipinski definition) is 4. The van der Waals surface area contributed by atoms with Gasteiger partial charge in [-0.15, -0.1) is 0 Å². The van der Waals surface area contributed by atoms with E-state index >= 15 is 0 Å². The Bertz CT molecular complexity index is 1040. The van der Waals surface area contributed by atoms with Crippen molar-refractivity contribution in [2.75, 3.05) is 19.4 Å². The van der Waals surface area contributed by atoms with Crippen molar-refractivity contribution < 1.29 is 23.9 Å². The van der Waals surface area contributed by atoms with Crippen LogP contribution in [0.2, 0.25) is 0 Å². The van der Waals surface area contributed by atoms with Crippen LogP contribution in [0.25, 0.3) is 0 Å². The fraction of sp³-hybridized carbons (Fsp3) is 0.286.